The third-order valence-corrected chi connectivity index (χ3v) is 5.95. The van der Waals surface area contributed by atoms with E-state index in [1.54, 1.807) is 29.4 Å². The van der Waals surface area contributed by atoms with E-state index in [2.05, 4.69) is 9.71 Å². The van der Waals surface area contributed by atoms with Crippen molar-refractivity contribution in [1.29, 1.82) is 0 Å². The zero-order valence-corrected chi connectivity index (χ0v) is 17.0. The second kappa shape index (κ2) is 9.10. The van der Waals surface area contributed by atoms with E-state index in [0.29, 0.717) is 18.5 Å². The van der Waals surface area contributed by atoms with E-state index >= 15 is 0 Å². The third-order valence-electron chi connectivity index (χ3n) is 4.34. The number of sulfonamides is 1. The molecule has 1 unspecified atom stereocenters. The van der Waals surface area contributed by atoms with Gasteiger partial charge in [-0.15, -0.1) is 0 Å². The van der Waals surface area contributed by atoms with Gasteiger partial charge in [0.1, 0.15) is 0 Å². The summed E-state index contributed by atoms with van der Waals surface area (Å²) < 4.78 is 27.3. The minimum atomic E-state index is -3.58. The number of rotatable bonds is 8. The fraction of sp³-hybridized carbons (Fsp3) is 0.400. The van der Waals surface area contributed by atoms with Gasteiger partial charge < -0.3 is 4.90 Å². The van der Waals surface area contributed by atoms with E-state index < -0.39 is 10.0 Å². The molecular formula is C20H27N3O3S. The van der Waals surface area contributed by atoms with Crippen molar-refractivity contribution in [3.8, 4) is 0 Å². The van der Waals surface area contributed by atoms with Crippen molar-refractivity contribution in [3.05, 3.63) is 59.9 Å². The molecule has 2 aromatic rings. The van der Waals surface area contributed by atoms with Gasteiger partial charge in [-0.2, -0.15) is 0 Å². The Morgan fingerprint density at radius 1 is 1.15 bits per heavy atom. The molecule has 1 heterocycles. The second-order valence-electron chi connectivity index (χ2n) is 6.84. The van der Waals surface area contributed by atoms with Gasteiger partial charge in [-0.3, -0.25) is 9.78 Å². The van der Waals surface area contributed by atoms with Crippen molar-refractivity contribution in [2.24, 2.45) is 0 Å². The normalized spacial score (nSPS) is 12.8. The van der Waals surface area contributed by atoms with Gasteiger partial charge in [0.05, 0.1) is 4.90 Å². The average Bonchev–Trinajstić information content (AvgIpc) is 2.66. The number of aromatic nitrogens is 1. The van der Waals surface area contributed by atoms with Crippen LogP contribution in [0.15, 0.2) is 53.7 Å². The van der Waals surface area contributed by atoms with Crippen LogP contribution in [-0.4, -0.2) is 36.3 Å². The first kappa shape index (κ1) is 21.1. The summed E-state index contributed by atoms with van der Waals surface area (Å²) in [5, 5.41) is 0. The van der Waals surface area contributed by atoms with Gasteiger partial charge in [0.25, 0.3) is 5.91 Å². The Labute approximate surface area is 161 Å². The van der Waals surface area contributed by atoms with Crippen molar-refractivity contribution in [2.75, 3.05) is 0 Å². The zero-order chi connectivity index (χ0) is 20.0. The lowest BCUT2D eigenvalue weighted by molar-refractivity contribution is 0.0690. The van der Waals surface area contributed by atoms with Gasteiger partial charge in [-0.1, -0.05) is 13.0 Å². The van der Waals surface area contributed by atoms with Crippen LogP contribution in [0.3, 0.4) is 0 Å². The van der Waals surface area contributed by atoms with Crippen LogP contribution in [0.25, 0.3) is 0 Å². The summed E-state index contributed by atoms with van der Waals surface area (Å²) in [7, 11) is -3.58. The number of nitrogens with one attached hydrogen (secondary N) is 1. The van der Waals surface area contributed by atoms with Gasteiger partial charge in [-0.25, -0.2) is 13.1 Å². The molecule has 1 atom stereocenters. The molecule has 0 aliphatic carbocycles. The van der Waals surface area contributed by atoms with Crippen LogP contribution in [0.2, 0.25) is 0 Å². The molecule has 146 valence electrons. The molecule has 0 aliphatic heterocycles. The summed E-state index contributed by atoms with van der Waals surface area (Å²) in [5.41, 5.74) is 1.39. The molecule has 2 rings (SSSR count). The van der Waals surface area contributed by atoms with Gasteiger partial charge in [0, 0.05) is 36.6 Å². The number of hydrogen-bond acceptors (Lipinski definition) is 4. The van der Waals surface area contributed by atoms with Crippen molar-refractivity contribution in [2.45, 2.75) is 57.6 Å². The number of benzene rings is 1. The van der Waals surface area contributed by atoms with Crippen LogP contribution in [0.4, 0.5) is 0 Å². The second-order valence-corrected chi connectivity index (χ2v) is 8.56. The first-order valence-electron chi connectivity index (χ1n) is 9.07. The number of hydrogen-bond donors (Lipinski definition) is 1. The van der Waals surface area contributed by atoms with Gasteiger partial charge in [-0.05, 0) is 63.1 Å². The molecule has 0 saturated carbocycles. The standard InChI is InChI=1S/C20H27N3O3S/c1-5-16(4)22-27(25,26)19-10-8-18(9-11-19)20(24)23(15(2)3)14-17-7-6-12-21-13-17/h6-13,15-16,22H,5,14H2,1-4H3. The molecule has 0 fully saturated rings. The van der Waals surface area contributed by atoms with Gasteiger partial charge >= 0.3 is 0 Å². The molecule has 1 aromatic heterocycles. The van der Waals surface area contributed by atoms with Crippen LogP contribution in [0.5, 0.6) is 0 Å². The Morgan fingerprint density at radius 2 is 1.81 bits per heavy atom. The SMILES string of the molecule is CCC(C)NS(=O)(=O)c1ccc(C(=O)N(Cc2cccnc2)C(C)C)cc1. The minimum absolute atomic E-state index is 0.00631. The Morgan fingerprint density at radius 3 is 2.33 bits per heavy atom. The van der Waals surface area contributed by atoms with Crippen LogP contribution < -0.4 is 4.72 Å². The molecule has 1 N–H and O–H groups in total. The molecule has 0 saturated heterocycles. The van der Waals surface area contributed by atoms with Gasteiger partial charge in [0.15, 0.2) is 0 Å². The Balaban J connectivity index is 2.20. The van der Waals surface area contributed by atoms with E-state index in [1.807, 2.05) is 39.8 Å². The topological polar surface area (TPSA) is 79.4 Å². The number of nitrogens with zero attached hydrogens (tertiary/aromatic N) is 2. The fourth-order valence-electron chi connectivity index (χ4n) is 2.54. The highest BCUT2D eigenvalue weighted by Gasteiger charge is 2.21. The largest absolute Gasteiger partial charge is 0.332 e. The maximum Gasteiger partial charge on any atom is 0.254 e. The number of pyridine rings is 1. The summed E-state index contributed by atoms with van der Waals surface area (Å²) >= 11 is 0. The van der Waals surface area contributed by atoms with E-state index in [-0.39, 0.29) is 22.9 Å². The fourth-order valence-corrected chi connectivity index (χ4v) is 3.86. The highest BCUT2D eigenvalue weighted by Crippen LogP contribution is 2.16. The summed E-state index contributed by atoms with van der Waals surface area (Å²) in [5.74, 6) is -0.146. The molecule has 1 amide bonds. The summed E-state index contributed by atoms with van der Waals surface area (Å²) in [6.45, 7) is 8.07. The first-order chi connectivity index (χ1) is 12.7. The highest BCUT2D eigenvalue weighted by molar-refractivity contribution is 7.89. The molecule has 6 nitrogen and oxygen atoms in total. The van der Waals surface area contributed by atoms with Crippen LogP contribution in [-0.2, 0) is 16.6 Å². The van der Waals surface area contributed by atoms with E-state index in [9.17, 15) is 13.2 Å². The lowest BCUT2D eigenvalue weighted by Crippen LogP contribution is -2.36. The quantitative estimate of drug-likeness (QED) is 0.752. The monoisotopic (exact) mass is 389 g/mol. The number of amides is 1. The van der Waals surface area contributed by atoms with E-state index in [4.69, 9.17) is 0 Å². The lowest BCUT2D eigenvalue weighted by Gasteiger charge is -2.27. The predicted molar refractivity (Wildman–Crippen MR) is 106 cm³/mol. The Kier molecular flexibility index (Phi) is 7.10. The lowest BCUT2D eigenvalue weighted by atomic mass is 10.1. The van der Waals surface area contributed by atoms with Crippen LogP contribution >= 0.6 is 0 Å². The minimum Gasteiger partial charge on any atom is -0.332 e. The third kappa shape index (κ3) is 5.61. The molecule has 0 radical (unpaired) electrons. The van der Waals surface area contributed by atoms with E-state index in [0.717, 1.165) is 5.56 Å². The van der Waals surface area contributed by atoms with Gasteiger partial charge in [0.2, 0.25) is 10.0 Å². The van der Waals surface area contributed by atoms with Crippen molar-refractivity contribution in [1.82, 2.24) is 14.6 Å². The molecule has 7 heteroatoms. The zero-order valence-electron chi connectivity index (χ0n) is 16.2. The van der Waals surface area contributed by atoms with Crippen molar-refractivity contribution < 1.29 is 13.2 Å². The predicted octanol–water partition coefficient (Wildman–Crippen LogP) is 3.21. The average molecular weight is 390 g/mol. The van der Waals surface area contributed by atoms with E-state index in [1.165, 1.54) is 12.1 Å². The molecule has 0 aliphatic rings. The summed E-state index contributed by atoms with van der Waals surface area (Å²) in [6.07, 6.45) is 4.13. The molecule has 0 spiro atoms. The van der Waals surface area contributed by atoms with Crippen LogP contribution in [0, 0.1) is 0 Å². The number of carbonyl (C=O) groups is 1. The van der Waals surface area contributed by atoms with Crippen LogP contribution in [0.1, 0.15) is 50.0 Å². The molecule has 1 aromatic carbocycles. The smallest absolute Gasteiger partial charge is 0.254 e. The maximum absolute atomic E-state index is 12.9. The Hall–Kier alpha value is -2.25. The van der Waals surface area contributed by atoms with Crippen molar-refractivity contribution in [3.63, 3.8) is 0 Å². The first-order valence-corrected chi connectivity index (χ1v) is 10.5. The Bertz CT molecular complexity index is 850. The summed E-state index contributed by atoms with van der Waals surface area (Å²) in [6, 6.07) is 9.67. The maximum atomic E-state index is 12.9. The molecule has 0 bridgehead atoms. The number of carbonyl (C=O) groups excluding carboxylic acids is 1. The molecular weight excluding hydrogens is 362 g/mol. The highest BCUT2D eigenvalue weighted by atomic mass is 32.2. The summed E-state index contributed by atoms with van der Waals surface area (Å²) in [4.78, 5) is 18.9. The van der Waals surface area contributed by atoms with Crippen molar-refractivity contribution >= 4 is 15.9 Å². The molecule has 27 heavy (non-hydrogen) atoms.